The molecule has 0 unspecified atom stereocenters. The second-order valence-corrected chi connectivity index (χ2v) is 6.90. The van der Waals surface area contributed by atoms with Gasteiger partial charge in [0.05, 0.1) is 6.10 Å². The molecule has 1 saturated heterocycles. The van der Waals surface area contributed by atoms with Gasteiger partial charge in [-0.2, -0.15) is 0 Å². The van der Waals surface area contributed by atoms with Crippen LogP contribution in [-0.2, 0) is 4.74 Å². The van der Waals surface area contributed by atoms with Crippen LogP contribution in [0.25, 0.3) is 0 Å². The average molecular weight is 344 g/mol. The number of hydrogen-bond donors (Lipinski definition) is 0. The van der Waals surface area contributed by atoms with Crippen LogP contribution >= 0.6 is 0 Å². The van der Waals surface area contributed by atoms with Crippen molar-refractivity contribution in [3.8, 4) is 0 Å². The van der Waals surface area contributed by atoms with Crippen molar-refractivity contribution < 1.29 is 13.9 Å². The molecular formula is C20H25FN2O2. The van der Waals surface area contributed by atoms with Crippen molar-refractivity contribution >= 4 is 5.91 Å². The van der Waals surface area contributed by atoms with Gasteiger partial charge in [-0.3, -0.25) is 4.79 Å². The Morgan fingerprint density at radius 2 is 2.00 bits per heavy atom. The van der Waals surface area contributed by atoms with Crippen LogP contribution in [0.15, 0.2) is 42.6 Å². The van der Waals surface area contributed by atoms with Crippen LogP contribution in [0.4, 0.5) is 4.39 Å². The molecule has 5 heteroatoms. The third-order valence-electron chi connectivity index (χ3n) is 4.92. The fourth-order valence-corrected chi connectivity index (χ4v) is 3.41. The van der Waals surface area contributed by atoms with Gasteiger partial charge in [0.15, 0.2) is 0 Å². The summed E-state index contributed by atoms with van der Waals surface area (Å²) in [5, 5.41) is 0. The highest BCUT2D eigenvalue weighted by Crippen LogP contribution is 2.31. The summed E-state index contributed by atoms with van der Waals surface area (Å²) in [5.74, 6) is -0.221. The van der Waals surface area contributed by atoms with Gasteiger partial charge in [-0.25, -0.2) is 4.39 Å². The summed E-state index contributed by atoms with van der Waals surface area (Å²) < 4.78 is 21.0. The standard InChI is InChI=1S/C20H25FN2O2/c1-14(2)23-11-4-5-18(23)20(24)22(3)17-10-12-25-19(13-17)15-6-8-16(21)9-7-15/h4-9,11,14,17,19H,10,12-13H2,1-3H3/t17-,19-/m0/s1. The van der Waals surface area contributed by atoms with E-state index in [-0.39, 0.29) is 29.9 Å². The molecule has 4 nitrogen and oxygen atoms in total. The van der Waals surface area contributed by atoms with Crippen molar-refractivity contribution in [3.05, 3.63) is 59.7 Å². The minimum atomic E-state index is -0.252. The molecule has 2 atom stereocenters. The molecule has 3 rings (SSSR count). The molecule has 1 aliphatic rings. The Morgan fingerprint density at radius 3 is 2.68 bits per heavy atom. The smallest absolute Gasteiger partial charge is 0.270 e. The van der Waals surface area contributed by atoms with Crippen LogP contribution in [0.1, 0.15) is 54.9 Å². The molecule has 1 aromatic carbocycles. The normalized spacial score (nSPS) is 20.7. The quantitative estimate of drug-likeness (QED) is 0.833. The van der Waals surface area contributed by atoms with Crippen molar-refractivity contribution in [2.24, 2.45) is 0 Å². The third kappa shape index (κ3) is 3.76. The number of halogens is 1. The zero-order chi connectivity index (χ0) is 18.0. The summed E-state index contributed by atoms with van der Waals surface area (Å²) >= 11 is 0. The molecule has 25 heavy (non-hydrogen) atoms. The van der Waals surface area contributed by atoms with E-state index in [4.69, 9.17) is 4.74 Å². The van der Waals surface area contributed by atoms with Crippen LogP contribution < -0.4 is 0 Å². The highest BCUT2D eigenvalue weighted by atomic mass is 19.1. The van der Waals surface area contributed by atoms with Gasteiger partial charge in [-0.1, -0.05) is 12.1 Å². The fourth-order valence-electron chi connectivity index (χ4n) is 3.41. The van der Waals surface area contributed by atoms with Gasteiger partial charge < -0.3 is 14.2 Å². The molecule has 2 aromatic rings. The van der Waals surface area contributed by atoms with Crippen LogP contribution in [0, 0.1) is 5.82 Å². The highest BCUT2D eigenvalue weighted by molar-refractivity contribution is 5.92. The molecule has 134 valence electrons. The molecular weight excluding hydrogens is 319 g/mol. The Labute approximate surface area is 148 Å². The van der Waals surface area contributed by atoms with Gasteiger partial charge in [0, 0.05) is 31.9 Å². The van der Waals surface area contributed by atoms with E-state index in [2.05, 4.69) is 13.8 Å². The van der Waals surface area contributed by atoms with Gasteiger partial charge in [0.1, 0.15) is 11.5 Å². The van der Waals surface area contributed by atoms with Crippen molar-refractivity contribution in [2.45, 2.75) is 44.9 Å². The Kier molecular flexibility index (Phi) is 5.23. The van der Waals surface area contributed by atoms with Gasteiger partial charge in [-0.05, 0) is 56.5 Å². The van der Waals surface area contributed by atoms with E-state index in [0.717, 1.165) is 18.4 Å². The van der Waals surface area contributed by atoms with E-state index >= 15 is 0 Å². The summed E-state index contributed by atoms with van der Waals surface area (Å²) in [6, 6.07) is 10.5. The Bertz CT molecular complexity index is 724. The molecule has 0 N–H and O–H groups in total. The first-order valence-corrected chi connectivity index (χ1v) is 8.78. The zero-order valence-electron chi connectivity index (χ0n) is 15.0. The molecule has 2 heterocycles. The SMILES string of the molecule is CC(C)n1cccc1C(=O)N(C)[C@H]1CCO[C@H](c2ccc(F)cc2)C1. The number of nitrogens with zero attached hydrogens (tertiary/aromatic N) is 2. The van der Waals surface area contributed by atoms with Crippen LogP contribution in [-0.4, -0.2) is 35.1 Å². The Morgan fingerprint density at radius 1 is 1.28 bits per heavy atom. The van der Waals surface area contributed by atoms with Crippen molar-refractivity contribution in [1.29, 1.82) is 0 Å². The summed E-state index contributed by atoms with van der Waals surface area (Å²) in [6.07, 6.45) is 3.36. The lowest BCUT2D eigenvalue weighted by Crippen LogP contribution is -2.42. The van der Waals surface area contributed by atoms with Crippen LogP contribution in [0.2, 0.25) is 0 Å². The van der Waals surface area contributed by atoms with Crippen molar-refractivity contribution in [3.63, 3.8) is 0 Å². The minimum Gasteiger partial charge on any atom is -0.373 e. The lowest BCUT2D eigenvalue weighted by atomic mass is 9.96. The predicted molar refractivity (Wildman–Crippen MR) is 95.0 cm³/mol. The maximum Gasteiger partial charge on any atom is 0.270 e. The lowest BCUT2D eigenvalue weighted by Gasteiger charge is -2.36. The maximum absolute atomic E-state index is 13.1. The maximum atomic E-state index is 13.1. The molecule has 0 bridgehead atoms. The van der Waals surface area contributed by atoms with E-state index in [1.165, 1.54) is 12.1 Å². The van der Waals surface area contributed by atoms with Crippen molar-refractivity contribution in [2.75, 3.05) is 13.7 Å². The van der Waals surface area contributed by atoms with E-state index in [9.17, 15) is 9.18 Å². The number of aromatic nitrogens is 1. The first-order chi connectivity index (χ1) is 12.0. The number of carbonyl (C=O) groups is 1. The first-order valence-electron chi connectivity index (χ1n) is 8.78. The average Bonchev–Trinajstić information content (AvgIpc) is 3.11. The van der Waals surface area contributed by atoms with E-state index < -0.39 is 0 Å². The first kappa shape index (κ1) is 17.7. The van der Waals surface area contributed by atoms with Gasteiger partial charge in [-0.15, -0.1) is 0 Å². The molecule has 0 spiro atoms. The van der Waals surface area contributed by atoms with Gasteiger partial charge in [0.25, 0.3) is 5.91 Å². The Hall–Kier alpha value is -2.14. The molecule has 1 aromatic heterocycles. The molecule has 0 radical (unpaired) electrons. The van der Waals surface area contributed by atoms with Gasteiger partial charge >= 0.3 is 0 Å². The fraction of sp³-hybridized carbons (Fsp3) is 0.450. The lowest BCUT2D eigenvalue weighted by molar-refractivity contribution is -0.0199. The molecule has 1 fully saturated rings. The third-order valence-corrected chi connectivity index (χ3v) is 4.92. The summed E-state index contributed by atoms with van der Waals surface area (Å²) in [4.78, 5) is 14.8. The molecule has 1 amide bonds. The van der Waals surface area contributed by atoms with E-state index in [1.807, 2.05) is 34.8 Å². The predicted octanol–water partition coefficient (Wildman–Crippen LogP) is 4.20. The zero-order valence-corrected chi connectivity index (χ0v) is 15.0. The van der Waals surface area contributed by atoms with Gasteiger partial charge in [0.2, 0.25) is 0 Å². The second-order valence-electron chi connectivity index (χ2n) is 6.90. The highest BCUT2D eigenvalue weighted by Gasteiger charge is 2.30. The largest absolute Gasteiger partial charge is 0.373 e. The summed E-state index contributed by atoms with van der Waals surface area (Å²) in [7, 11) is 1.86. The topological polar surface area (TPSA) is 34.5 Å². The second kappa shape index (κ2) is 7.40. The monoisotopic (exact) mass is 344 g/mol. The Balaban J connectivity index is 1.73. The van der Waals surface area contributed by atoms with Crippen LogP contribution in [0.3, 0.4) is 0 Å². The molecule has 1 aliphatic heterocycles. The number of amides is 1. The number of rotatable bonds is 4. The number of ether oxygens (including phenoxy) is 1. The van der Waals surface area contributed by atoms with Crippen molar-refractivity contribution in [1.82, 2.24) is 9.47 Å². The molecule has 0 saturated carbocycles. The van der Waals surface area contributed by atoms with Crippen LogP contribution in [0.5, 0.6) is 0 Å². The number of benzene rings is 1. The molecule has 0 aliphatic carbocycles. The van der Waals surface area contributed by atoms with E-state index in [0.29, 0.717) is 12.3 Å². The summed E-state index contributed by atoms with van der Waals surface area (Å²) in [6.45, 7) is 4.72. The van der Waals surface area contributed by atoms with E-state index in [1.54, 1.807) is 12.1 Å². The number of carbonyl (C=O) groups excluding carboxylic acids is 1. The summed E-state index contributed by atoms with van der Waals surface area (Å²) in [5.41, 5.74) is 1.67. The number of hydrogen-bond acceptors (Lipinski definition) is 2. The minimum absolute atomic E-state index is 0.0310.